The van der Waals surface area contributed by atoms with E-state index < -0.39 is 0 Å². The van der Waals surface area contributed by atoms with Crippen molar-refractivity contribution < 1.29 is 0 Å². The van der Waals surface area contributed by atoms with Crippen LogP contribution in [-0.4, -0.2) is 25.1 Å². The maximum Gasteiger partial charge on any atom is 0.0396 e. The van der Waals surface area contributed by atoms with Gasteiger partial charge in [-0.25, -0.2) is 0 Å². The van der Waals surface area contributed by atoms with Gasteiger partial charge < -0.3 is 10.2 Å². The largest absolute Gasteiger partial charge is 0.374 e. The predicted molar refractivity (Wildman–Crippen MR) is 82.8 cm³/mol. The number of nitrogens with zero attached hydrogens (tertiary/aromatic N) is 2. The Morgan fingerprint density at radius 3 is 2.85 bits per heavy atom. The summed E-state index contributed by atoms with van der Waals surface area (Å²) < 4.78 is 0. The molecule has 1 aliphatic heterocycles. The quantitative estimate of drug-likeness (QED) is 0.922. The first-order chi connectivity index (χ1) is 9.83. The Labute approximate surface area is 120 Å². The second kappa shape index (κ2) is 6.06. The fourth-order valence-corrected chi connectivity index (χ4v) is 2.98. The molecular weight excluding hydrogens is 246 g/mol. The van der Waals surface area contributed by atoms with Gasteiger partial charge in [-0.15, -0.1) is 0 Å². The summed E-state index contributed by atoms with van der Waals surface area (Å²) in [7, 11) is 2.19. The van der Waals surface area contributed by atoms with E-state index in [0.717, 1.165) is 19.6 Å². The molecule has 2 aromatic rings. The van der Waals surface area contributed by atoms with Crippen LogP contribution in [-0.2, 0) is 13.0 Å². The first-order valence-electron chi connectivity index (χ1n) is 7.21. The van der Waals surface area contributed by atoms with E-state index in [1.807, 2.05) is 12.4 Å². The average Bonchev–Trinajstić information content (AvgIpc) is 2.48. The number of benzene rings is 1. The standard InChI is InChI=1S/C17H21N3/c1-20-13-15(10-16-4-2-3-5-17(16)20)12-19-11-14-6-8-18-9-7-14/h2-9,15,19H,10-13H2,1H3/t15-/m1/s1. The van der Waals surface area contributed by atoms with Crippen molar-refractivity contribution in [3.05, 3.63) is 59.9 Å². The van der Waals surface area contributed by atoms with Crippen molar-refractivity contribution in [1.82, 2.24) is 10.3 Å². The Bertz CT molecular complexity index is 553. The molecule has 1 aromatic heterocycles. The molecule has 3 heteroatoms. The van der Waals surface area contributed by atoms with Crippen molar-refractivity contribution in [1.29, 1.82) is 0 Å². The summed E-state index contributed by atoms with van der Waals surface area (Å²) >= 11 is 0. The van der Waals surface area contributed by atoms with Gasteiger partial charge in [0.05, 0.1) is 0 Å². The number of nitrogens with one attached hydrogen (secondary N) is 1. The molecule has 1 aromatic carbocycles. The van der Waals surface area contributed by atoms with Crippen LogP contribution in [0.25, 0.3) is 0 Å². The van der Waals surface area contributed by atoms with Gasteiger partial charge in [-0.1, -0.05) is 18.2 Å². The lowest BCUT2D eigenvalue weighted by atomic mass is 9.93. The Hall–Kier alpha value is -1.87. The average molecular weight is 267 g/mol. The summed E-state index contributed by atoms with van der Waals surface area (Å²) in [6.45, 7) is 3.10. The molecule has 3 rings (SSSR count). The van der Waals surface area contributed by atoms with Crippen LogP contribution < -0.4 is 10.2 Å². The van der Waals surface area contributed by atoms with E-state index in [-0.39, 0.29) is 0 Å². The lowest BCUT2D eigenvalue weighted by molar-refractivity contribution is 0.460. The van der Waals surface area contributed by atoms with Gasteiger partial charge in [0, 0.05) is 44.8 Å². The van der Waals surface area contributed by atoms with Crippen molar-refractivity contribution in [2.24, 2.45) is 5.92 Å². The Balaban J connectivity index is 1.55. The Kier molecular flexibility index (Phi) is 3.97. The minimum atomic E-state index is 0.678. The normalized spacial score (nSPS) is 17.9. The molecule has 20 heavy (non-hydrogen) atoms. The van der Waals surface area contributed by atoms with E-state index >= 15 is 0 Å². The summed E-state index contributed by atoms with van der Waals surface area (Å²) in [5.74, 6) is 0.678. The number of fused-ring (bicyclic) bond motifs is 1. The van der Waals surface area contributed by atoms with Crippen LogP contribution in [0.3, 0.4) is 0 Å². The second-order valence-corrected chi connectivity index (χ2v) is 5.57. The van der Waals surface area contributed by atoms with Crippen molar-refractivity contribution >= 4 is 5.69 Å². The number of aromatic nitrogens is 1. The van der Waals surface area contributed by atoms with Crippen molar-refractivity contribution in [3.63, 3.8) is 0 Å². The molecule has 0 amide bonds. The third kappa shape index (κ3) is 2.99. The van der Waals surface area contributed by atoms with Gasteiger partial charge in [-0.05, 0) is 41.7 Å². The SMILES string of the molecule is CN1C[C@@H](CNCc2ccncc2)Cc2ccccc21. The van der Waals surface area contributed by atoms with Gasteiger partial charge >= 0.3 is 0 Å². The summed E-state index contributed by atoms with van der Waals surface area (Å²) in [5.41, 5.74) is 4.15. The maximum absolute atomic E-state index is 4.04. The third-order valence-corrected chi connectivity index (χ3v) is 3.96. The summed E-state index contributed by atoms with van der Waals surface area (Å²) in [6, 6.07) is 12.9. The van der Waals surface area contributed by atoms with Crippen LogP contribution in [0.15, 0.2) is 48.8 Å². The number of pyridine rings is 1. The molecule has 0 fully saturated rings. The van der Waals surface area contributed by atoms with Crippen LogP contribution in [0.1, 0.15) is 11.1 Å². The molecule has 0 aliphatic carbocycles. The highest BCUT2D eigenvalue weighted by Crippen LogP contribution is 2.27. The lowest BCUT2D eigenvalue weighted by Crippen LogP contribution is -2.37. The predicted octanol–water partition coefficient (Wildman–Crippen LogP) is 2.48. The van der Waals surface area contributed by atoms with Crippen molar-refractivity contribution in [3.8, 4) is 0 Å². The number of hydrogen-bond acceptors (Lipinski definition) is 3. The van der Waals surface area contributed by atoms with E-state index in [0.29, 0.717) is 5.92 Å². The van der Waals surface area contributed by atoms with E-state index in [9.17, 15) is 0 Å². The minimum absolute atomic E-state index is 0.678. The molecule has 0 spiro atoms. The highest BCUT2D eigenvalue weighted by Gasteiger charge is 2.21. The van der Waals surface area contributed by atoms with Crippen LogP contribution >= 0.6 is 0 Å². The topological polar surface area (TPSA) is 28.2 Å². The molecule has 0 unspecified atom stereocenters. The van der Waals surface area contributed by atoms with Gasteiger partial charge in [0.1, 0.15) is 0 Å². The molecule has 1 aliphatic rings. The fraction of sp³-hybridized carbons (Fsp3) is 0.353. The zero-order valence-electron chi connectivity index (χ0n) is 11.9. The van der Waals surface area contributed by atoms with E-state index in [4.69, 9.17) is 0 Å². The van der Waals surface area contributed by atoms with Crippen LogP contribution in [0.5, 0.6) is 0 Å². The van der Waals surface area contributed by atoms with Crippen molar-refractivity contribution in [2.75, 3.05) is 25.0 Å². The first-order valence-corrected chi connectivity index (χ1v) is 7.21. The first kappa shape index (κ1) is 13.1. The molecule has 0 saturated heterocycles. The highest BCUT2D eigenvalue weighted by atomic mass is 15.1. The third-order valence-electron chi connectivity index (χ3n) is 3.96. The number of para-hydroxylation sites is 1. The van der Waals surface area contributed by atoms with Crippen LogP contribution in [0, 0.1) is 5.92 Å². The van der Waals surface area contributed by atoms with Crippen LogP contribution in [0.4, 0.5) is 5.69 Å². The summed E-state index contributed by atoms with van der Waals surface area (Å²) in [4.78, 5) is 6.42. The second-order valence-electron chi connectivity index (χ2n) is 5.57. The van der Waals surface area contributed by atoms with E-state index in [2.05, 4.69) is 58.6 Å². The molecule has 0 radical (unpaired) electrons. The highest BCUT2D eigenvalue weighted by molar-refractivity contribution is 5.55. The van der Waals surface area contributed by atoms with E-state index in [1.54, 1.807) is 0 Å². The van der Waals surface area contributed by atoms with Crippen molar-refractivity contribution in [2.45, 2.75) is 13.0 Å². The maximum atomic E-state index is 4.04. The zero-order valence-corrected chi connectivity index (χ0v) is 11.9. The molecule has 3 nitrogen and oxygen atoms in total. The smallest absolute Gasteiger partial charge is 0.0396 e. The minimum Gasteiger partial charge on any atom is -0.374 e. The molecular formula is C17H21N3. The number of rotatable bonds is 4. The van der Waals surface area contributed by atoms with Gasteiger partial charge in [0.25, 0.3) is 0 Å². The Morgan fingerprint density at radius 1 is 1.20 bits per heavy atom. The zero-order chi connectivity index (χ0) is 13.8. The van der Waals surface area contributed by atoms with E-state index in [1.165, 1.54) is 23.2 Å². The molecule has 0 bridgehead atoms. The number of hydrogen-bond donors (Lipinski definition) is 1. The van der Waals surface area contributed by atoms with Gasteiger partial charge in [-0.3, -0.25) is 4.98 Å². The number of anilines is 1. The summed E-state index contributed by atoms with van der Waals surface area (Å²) in [6.07, 6.45) is 4.87. The van der Waals surface area contributed by atoms with Crippen LogP contribution in [0.2, 0.25) is 0 Å². The molecule has 1 N–H and O–H groups in total. The Morgan fingerprint density at radius 2 is 2.00 bits per heavy atom. The van der Waals surface area contributed by atoms with Gasteiger partial charge in [0.15, 0.2) is 0 Å². The molecule has 104 valence electrons. The summed E-state index contributed by atoms with van der Waals surface area (Å²) in [5, 5.41) is 3.57. The molecule has 0 saturated carbocycles. The molecule has 1 atom stereocenters. The van der Waals surface area contributed by atoms with Gasteiger partial charge in [0.2, 0.25) is 0 Å². The lowest BCUT2D eigenvalue weighted by Gasteiger charge is -2.33. The monoisotopic (exact) mass is 267 g/mol. The molecule has 2 heterocycles. The fourth-order valence-electron chi connectivity index (χ4n) is 2.98. The van der Waals surface area contributed by atoms with Gasteiger partial charge in [-0.2, -0.15) is 0 Å².